The van der Waals surface area contributed by atoms with Gasteiger partial charge in [0.05, 0.1) is 11.2 Å². The number of nitrogens with one attached hydrogen (secondary N) is 2. The fourth-order valence-electron chi connectivity index (χ4n) is 2.24. The van der Waals surface area contributed by atoms with E-state index in [9.17, 15) is 13.6 Å². The van der Waals surface area contributed by atoms with Crippen molar-refractivity contribution in [2.45, 2.75) is 6.43 Å². The number of hydrogen-bond acceptors (Lipinski definition) is 4. The summed E-state index contributed by atoms with van der Waals surface area (Å²) in [5.74, 6) is 0.0399. The second-order valence-corrected chi connectivity index (χ2v) is 4.88. The maximum Gasteiger partial charge on any atom is 0.284 e. The smallest absolute Gasteiger partial charge is 0.284 e. The first-order chi connectivity index (χ1) is 11.0. The van der Waals surface area contributed by atoms with E-state index in [1.54, 1.807) is 31.3 Å². The SMILES string of the molecule is CNc1ccc2ccc(C(=O)Nc3cn(C)nc3C(F)F)n2n1. The third kappa shape index (κ3) is 2.72. The van der Waals surface area contributed by atoms with Crippen LogP contribution in [0.3, 0.4) is 0 Å². The van der Waals surface area contributed by atoms with E-state index in [0.717, 1.165) is 5.52 Å². The molecule has 0 aliphatic carbocycles. The number of nitrogens with zero attached hydrogens (tertiary/aromatic N) is 4. The molecule has 2 N–H and O–H groups in total. The van der Waals surface area contributed by atoms with Crippen LogP contribution < -0.4 is 10.6 Å². The monoisotopic (exact) mass is 320 g/mol. The molecule has 0 saturated carbocycles. The molecule has 0 atom stereocenters. The molecule has 0 aliphatic heterocycles. The highest BCUT2D eigenvalue weighted by molar-refractivity contribution is 6.04. The first-order valence-electron chi connectivity index (χ1n) is 6.79. The summed E-state index contributed by atoms with van der Waals surface area (Å²) in [5.41, 5.74) is 0.466. The van der Waals surface area contributed by atoms with E-state index in [0.29, 0.717) is 5.82 Å². The second kappa shape index (κ2) is 5.67. The number of alkyl halides is 2. The van der Waals surface area contributed by atoms with Crippen LogP contribution in [0.2, 0.25) is 0 Å². The van der Waals surface area contributed by atoms with Crippen LogP contribution in [0.25, 0.3) is 5.52 Å². The highest BCUT2D eigenvalue weighted by Crippen LogP contribution is 2.25. The molecule has 0 spiro atoms. The van der Waals surface area contributed by atoms with Crippen LogP contribution >= 0.6 is 0 Å². The van der Waals surface area contributed by atoms with Gasteiger partial charge in [-0.2, -0.15) is 5.10 Å². The summed E-state index contributed by atoms with van der Waals surface area (Å²) >= 11 is 0. The van der Waals surface area contributed by atoms with Gasteiger partial charge in [-0.05, 0) is 24.3 Å². The Kier molecular flexibility index (Phi) is 3.68. The summed E-state index contributed by atoms with van der Waals surface area (Å²) in [4.78, 5) is 12.4. The molecular formula is C14H14F2N6O. The molecule has 0 fully saturated rings. The summed E-state index contributed by atoms with van der Waals surface area (Å²) in [6.45, 7) is 0. The number of aryl methyl sites for hydroxylation is 1. The third-order valence-corrected chi connectivity index (χ3v) is 3.31. The average molecular weight is 320 g/mol. The molecule has 0 saturated heterocycles. The minimum atomic E-state index is -2.77. The quantitative estimate of drug-likeness (QED) is 0.773. The molecule has 3 aromatic heterocycles. The fraction of sp³-hybridized carbons (Fsp3) is 0.214. The van der Waals surface area contributed by atoms with E-state index in [1.165, 1.54) is 22.4 Å². The van der Waals surface area contributed by atoms with Crippen LogP contribution in [0.4, 0.5) is 20.3 Å². The van der Waals surface area contributed by atoms with Crippen molar-refractivity contribution in [2.75, 3.05) is 17.7 Å². The molecule has 0 bridgehead atoms. The summed E-state index contributed by atoms with van der Waals surface area (Å²) in [6, 6.07) is 6.87. The number of aromatic nitrogens is 4. The van der Waals surface area contributed by atoms with Crippen molar-refractivity contribution in [3.63, 3.8) is 0 Å². The van der Waals surface area contributed by atoms with E-state index in [-0.39, 0.29) is 11.4 Å². The molecule has 3 aromatic rings. The topological polar surface area (TPSA) is 76.2 Å². The van der Waals surface area contributed by atoms with Crippen molar-refractivity contribution >= 4 is 22.9 Å². The summed E-state index contributed by atoms with van der Waals surface area (Å²) in [7, 11) is 3.22. The largest absolute Gasteiger partial charge is 0.372 e. The molecule has 23 heavy (non-hydrogen) atoms. The van der Waals surface area contributed by atoms with E-state index < -0.39 is 18.0 Å². The van der Waals surface area contributed by atoms with Gasteiger partial charge in [0, 0.05) is 20.3 Å². The summed E-state index contributed by atoms with van der Waals surface area (Å²) in [5, 5.41) is 13.2. The standard InChI is InChI=1S/C14H14F2N6O/c1-17-11-6-4-8-3-5-10(22(8)19-11)14(23)18-9-7-21(2)20-12(9)13(15)16/h3-7,13H,1-2H3,(H,17,19)(H,18,23). The predicted octanol–water partition coefficient (Wildman–Crippen LogP) is 2.30. The van der Waals surface area contributed by atoms with Crippen LogP contribution in [-0.2, 0) is 7.05 Å². The Hall–Kier alpha value is -2.97. The van der Waals surface area contributed by atoms with Crippen molar-refractivity contribution < 1.29 is 13.6 Å². The van der Waals surface area contributed by atoms with Gasteiger partial charge in [-0.25, -0.2) is 13.3 Å². The zero-order valence-electron chi connectivity index (χ0n) is 12.4. The number of amides is 1. The van der Waals surface area contributed by atoms with Crippen molar-refractivity contribution in [3.05, 3.63) is 41.9 Å². The van der Waals surface area contributed by atoms with Gasteiger partial charge < -0.3 is 10.6 Å². The van der Waals surface area contributed by atoms with E-state index >= 15 is 0 Å². The van der Waals surface area contributed by atoms with Gasteiger partial charge >= 0.3 is 0 Å². The lowest BCUT2D eigenvalue weighted by Crippen LogP contribution is -2.16. The lowest BCUT2D eigenvalue weighted by atomic mass is 10.3. The summed E-state index contributed by atoms with van der Waals surface area (Å²) in [6.07, 6.45) is -1.44. The van der Waals surface area contributed by atoms with Crippen molar-refractivity contribution in [1.29, 1.82) is 0 Å². The Labute approximate surface area is 129 Å². The van der Waals surface area contributed by atoms with Gasteiger partial charge in [-0.15, -0.1) is 5.10 Å². The van der Waals surface area contributed by atoms with Crippen molar-refractivity contribution in [2.24, 2.45) is 7.05 Å². The molecule has 1 amide bonds. The van der Waals surface area contributed by atoms with Crippen molar-refractivity contribution in [3.8, 4) is 0 Å². The van der Waals surface area contributed by atoms with E-state index in [4.69, 9.17) is 0 Å². The number of carbonyl (C=O) groups excluding carboxylic acids is 1. The fourth-order valence-corrected chi connectivity index (χ4v) is 2.24. The molecule has 0 aliphatic rings. The van der Waals surface area contributed by atoms with Crippen LogP contribution in [-0.4, -0.2) is 32.3 Å². The third-order valence-electron chi connectivity index (χ3n) is 3.31. The van der Waals surface area contributed by atoms with Gasteiger partial charge in [0.1, 0.15) is 11.5 Å². The summed E-state index contributed by atoms with van der Waals surface area (Å²) < 4.78 is 28.5. The van der Waals surface area contributed by atoms with Gasteiger partial charge in [-0.1, -0.05) is 0 Å². The first-order valence-corrected chi connectivity index (χ1v) is 6.79. The Morgan fingerprint density at radius 3 is 2.65 bits per heavy atom. The first kappa shape index (κ1) is 14.9. The number of carbonyl (C=O) groups is 1. The molecule has 3 rings (SSSR count). The molecule has 7 nitrogen and oxygen atoms in total. The lowest BCUT2D eigenvalue weighted by molar-refractivity contribution is 0.101. The predicted molar refractivity (Wildman–Crippen MR) is 80.9 cm³/mol. The van der Waals surface area contributed by atoms with E-state index in [1.807, 2.05) is 0 Å². The minimum Gasteiger partial charge on any atom is -0.372 e. The number of halogens is 2. The van der Waals surface area contributed by atoms with Crippen LogP contribution in [0.5, 0.6) is 0 Å². The average Bonchev–Trinajstić information content (AvgIpc) is 3.09. The molecule has 0 radical (unpaired) electrons. The highest BCUT2D eigenvalue weighted by Gasteiger charge is 2.21. The normalized spacial score (nSPS) is 11.2. The van der Waals surface area contributed by atoms with Crippen LogP contribution in [0.1, 0.15) is 22.6 Å². The second-order valence-electron chi connectivity index (χ2n) is 4.88. The van der Waals surface area contributed by atoms with Gasteiger partial charge in [0.25, 0.3) is 12.3 Å². The van der Waals surface area contributed by atoms with E-state index in [2.05, 4.69) is 20.8 Å². The Morgan fingerprint density at radius 1 is 1.22 bits per heavy atom. The van der Waals surface area contributed by atoms with Crippen LogP contribution in [0, 0.1) is 0 Å². The zero-order chi connectivity index (χ0) is 16.6. The van der Waals surface area contributed by atoms with Gasteiger partial charge in [-0.3, -0.25) is 9.48 Å². The maximum absolute atomic E-state index is 12.9. The Morgan fingerprint density at radius 2 is 1.96 bits per heavy atom. The molecule has 0 aromatic carbocycles. The lowest BCUT2D eigenvalue weighted by Gasteiger charge is -2.06. The van der Waals surface area contributed by atoms with Gasteiger partial charge in [0.15, 0.2) is 5.69 Å². The molecule has 120 valence electrons. The minimum absolute atomic E-state index is 0.0211. The molecule has 9 heteroatoms. The number of rotatable bonds is 4. The molecular weight excluding hydrogens is 306 g/mol. The number of fused-ring (bicyclic) bond motifs is 1. The molecule has 0 unspecified atom stereocenters. The number of hydrogen-bond donors (Lipinski definition) is 2. The number of anilines is 2. The maximum atomic E-state index is 12.9. The zero-order valence-corrected chi connectivity index (χ0v) is 12.4. The van der Waals surface area contributed by atoms with Crippen molar-refractivity contribution in [1.82, 2.24) is 19.4 Å². The Balaban J connectivity index is 1.95. The Bertz CT molecular complexity index is 869. The molecule has 3 heterocycles. The van der Waals surface area contributed by atoms with Crippen LogP contribution in [0.15, 0.2) is 30.5 Å². The van der Waals surface area contributed by atoms with Gasteiger partial charge in [0.2, 0.25) is 0 Å². The highest BCUT2D eigenvalue weighted by atomic mass is 19.3.